The van der Waals surface area contributed by atoms with Gasteiger partial charge in [-0.1, -0.05) is 44.9 Å². The second-order valence-electron chi connectivity index (χ2n) is 10.9. The van der Waals surface area contributed by atoms with Crippen LogP contribution in [-0.2, 0) is 19.2 Å². The summed E-state index contributed by atoms with van der Waals surface area (Å²) < 4.78 is 0. The van der Waals surface area contributed by atoms with Gasteiger partial charge in [0.2, 0.25) is 11.8 Å². The number of amides is 4. The second kappa shape index (κ2) is 21.0. The van der Waals surface area contributed by atoms with Crippen LogP contribution >= 0.6 is 24.4 Å². The third-order valence-corrected chi connectivity index (χ3v) is 9.35. The number of Topliss-reactive ketones (excluding diaryl/α,β-unsaturated/α-hetero) is 2. The number of nitrogens with one attached hydrogen (secondary N) is 4. The number of hydrogen-bond acceptors (Lipinski definition) is 7. The lowest BCUT2D eigenvalue weighted by Gasteiger charge is -2.16. The molecule has 2 aliphatic heterocycles. The molecule has 0 bridgehead atoms. The molecule has 0 aromatic heterocycles. The number of carbonyl (C=O) groups is 5. The summed E-state index contributed by atoms with van der Waals surface area (Å²) in [7, 11) is 0. The average Bonchev–Trinajstić information content (AvgIpc) is 3.48. The Bertz CT molecular complexity index is 813. The van der Waals surface area contributed by atoms with Crippen LogP contribution in [0.5, 0.6) is 0 Å². The van der Waals surface area contributed by atoms with Crippen molar-refractivity contribution in [2.24, 2.45) is 0 Å². The minimum Gasteiger partial charge on any atom is -0.356 e. The van der Waals surface area contributed by atoms with E-state index < -0.39 is 0 Å². The average molecular weight is 599 g/mol. The predicted molar refractivity (Wildman–Crippen MR) is 164 cm³/mol. The molecular formula is C29H50N4O5S2. The molecule has 11 heteroatoms. The first kappa shape index (κ1) is 34.5. The monoisotopic (exact) mass is 598 g/mol. The molecule has 2 aliphatic rings. The number of fused-ring (bicyclic) bond motifs is 1. The predicted octanol–water partition coefficient (Wildman–Crippen LogP) is 4.08. The van der Waals surface area contributed by atoms with Crippen molar-refractivity contribution in [3.05, 3.63) is 0 Å². The molecule has 3 atom stereocenters. The van der Waals surface area contributed by atoms with Gasteiger partial charge in [-0.25, -0.2) is 4.79 Å². The highest BCUT2D eigenvalue weighted by atomic mass is 32.2. The van der Waals surface area contributed by atoms with Gasteiger partial charge in [-0.3, -0.25) is 19.2 Å². The van der Waals surface area contributed by atoms with Gasteiger partial charge in [0.05, 0.1) is 12.1 Å². The van der Waals surface area contributed by atoms with Crippen molar-refractivity contribution in [2.45, 2.75) is 126 Å². The molecule has 4 amide bonds. The molecule has 2 saturated heterocycles. The van der Waals surface area contributed by atoms with E-state index in [1.165, 1.54) is 32.1 Å². The Hall–Kier alpha value is -1.75. The van der Waals surface area contributed by atoms with Gasteiger partial charge in [-0.05, 0) is 31.4 Å². The maximum Gasteiger partial charge on any atom is 0.315 e. The molecular weight excluding hydrogens is 548 g/mol. The molecule has 2 heterocycles. The molecule has 0 spiro atoms. The topological polar surface area (TPSA) is 133 Å². The Morgan fingerprint density at radius 2 is 1.23 bits per heavy atom. The molecule has 0 aliphatic carbocycles. The lowest BCUT2D eigenvalue weighted by Crippen LogP contribution is -2.36. The second-order valence-corrected chi connectivity index (χ2v) is 12.7. The van der Waals surface area contributed by atoms with Crippen LogP contribution < -0.4 is 21.3 Å². The summed E-state index contributed by atoms with van der Waals surface area (Å²) in [5.41, 5.74) is 0. The van der Waals surface area contributed by atoms with E-state index in [0.29, 0.717) is 24.6 Å². The van der Waals surface area contributed by atoms with Crippen molar-refractivity contribution < 1.29 is 24.0 Å². The van der Waals surface area contributed by atoms with Gasteiger partial charge in [0.15, 0.2) is 0 Å². The van der Waals surface area contributed by atoms with Crippen LogP contribution in [0, 0.1) is 0 Å². The van der Waals surface area contributed by atoms with Crippen molar-refractivity contribution in [3.8, 4) is 0 Å². The zero-order chi connectivity index (χ0) is 29.0. The molecule has 0 aromatic carbocycles. The van der Waals surface area contributed by atoms with Crippen LogP contribution in [0.4, 0.5) is 4.79 Å². The third-order valence-electron chi connectivity index (χ3n) is 7.53. The third kappa shape index (κ3) is 15.3. The van der Waals surface area contributed by atoms with Crippen molar-refractivity contribution in [1.29, 1.82) is 0 Å². The molecule has 0 saturated carbocycles. The highest BCUT2D eigenvalue weighted by Gasteiger charge is 2.42. The number of ketones is 2. The standard InChI is InChI=1S/C29H50N4O5S2/c34-22(16-18-30-26(36)12-7-5-3-1-2-4-6-10-20-39)14-15-23(35)17-19-31-27(37)13-9-8-11-25-28-24(21-40-25)32-29(38)33-28/h24-25,28,39H,1-21H2,(H,30,36)(H,31,37)(H2,32,33,38)/t24-,25-,28-/m0/s1. The minimum atomic E-state index is -0.0828. The van der Waals surface area contributed by atoms with Crippen LogP contribution in [0.2, 0.25) is 0 Å². The van der Waals surface area contributed by atoms with E-state index in [4.69, 9.17) is 0 Å². The van der Waals surface area contributed by atoms with Crippen molar-refractivity contribution in [1.82, 2.24) is 21.3 Å². The summed E-state index contributed by atoms with van der Waals surface area (Å²) in [4.78, 5) is 59.6. The van der Waals surface area contributed by atoms with Gasteiger partial charge >= 0.3 is 6.03 Å². The molecule has 0 radical (unpaired) electrons. The summed E-state index contributed by atoms with van der Waals surface area (Å²) >= 11 is 6.09. The Balaban J connectivity index is 1.36. The zero-order valence-electron chi connectivity index (χ0n) is 24.0. The smallest absolute Gasteiger partial charge is 0.315 e. The summed E-state index contributed by atoms with van der Waals surface area (Å²) in [5, 5.41) is 11.9. The Labute approximate surface area is 249 Å². The number of rotatable bonds is 24. The number of carbonyl (C=O) groups excluding carboxylic acids is 5. The van der Waals surface area contributed by atoms with Gasteiger partial charge in [0, 0.05) is 62.6 Å². The first-order valence-electron chi connectivity index (χ1n) is 15.3. The molecule has 9 nitrogen and oxygen atoms in total. The molecule has 228 valence electrons. The van der Waals surface area contributed by atoms with Crippen molar-refractivity contribution in [2.75, 3.05) is 24.6 Å². The zero-order valence-corrected chi connectivity index (χ0v) is 25.7. The number of thiol groups is 1. The summed E-state index contributed by atoms with van der Waals surface area (Å²) in [6.45, 7) is 0.608. The van der Waals surface area contributed by atoms with E-state index in [1.54, 1.807) is 0 Å². The summed E-state index contributed by atoms with van der Waals surface area (Å²) in [5.74, 6) is 1.75. The quantitative estimate of drug-likeness (QED) is 0.0646. The fourth-order valence-corrected chi connectivity index (χ4v) is 6.89. The molecule has 0 unspecified atom stereocenters. The normalized spacial score (nSPS) is 19.5. The summed E-state index contributed by atoms with van der Waals surface area (Å²) in [6.07, 6.45) is 13.7. The van der Waals surface area contributed by atoms with E-state index in [2.05, 4.69) is 33.9 Å². The fraction of sp³-hybridized carbons (Fsp3) is 0.828. The fourth-order valence-electron chi connectivity index (χ4n) is 5.12. The highest BCUT2D eigenvalue weighted by molar-refractivity contribution is 8.00. The van der Waals surface area contributed by atoms with E-state index in [-0.39, 0.29) is 73.7 Å². The van der Waals surface area contributed by atoms with Gasteiger partial charge in [-0.2, -0.15) is 24.4 Å². The number of unbranched alkanes of at least 4 members (excludes halogenated alkanes) is 8. The first-order chi connectivity index (χ1) is 19.4. The van der Waals surface area contributed by atoms with Gasteiger partial charge in [-0.15, -0.1) is 0 Å². The highest BCUT2D eigenvalue weighted by Crippen LogP contribution is 2.33. The number of hydrogen-bond donors (Lipinski definition) is 5. The van der Waals surface area contributed by atoms with Gasteiger partial charge < -0.3 is 21.3 Å². The van der Waals surface area contributed by atoms with Crippen LogP contribution in [0.15, 0.2) is 0 Å². The Kier molecular flexibility index (Phi) is 18.1. The maximum atomic E-state index is 12.1. The first-order valence-corrected chi connectivity index (χ1v) is 16.9. The summed E-state index contributed by atoms with van der Waals surface area (Å²) in [6, 6.07) is 0.327. The van der Waals surface area contributed by atoms with Crippen LogP contribution in [0.1, 0.15) is 109 Å². The van der Waals surface area contributed by atoms with E-state index in [0.717, 1.165) is 50.0 Å². The largest absolute Gasteiger partial charge is 0.356 e. The molecule has 2 rings (SSSR count). The van der Waals surface area contributed by atoms with E-state index >= 15 is 0 Å². The number of thioether (sulfide) groups is 1. The Morgan fingerprint density at radius 3 is 1.80 bits per heavy atom. The molecule has 4 N–H and O–H groups in total. The van der Waals surface area contributed by atoms with Gasteiger partial charge in [0.1, 0.15) is 11.6 Å². The lowest BCUT2D eigenvalue weighted by atomic mass is 10.0. The van der Waals surface area contributed by atoms with Crippen LogP contribution in [0.3, 0.4) is 0 Å². The molecule has 2 fully saturated rings. The van der Waals surface area contributed by atoms with Gasteiger partial charge in [0.25, 0.3) is 0 Å². The minimum absolute atomic E-state index is 0.0147. The van der Waals surface area contributed by atoms with Crippen LogP contribution in [-0.4, -0.2) is 71.3 Å². The van der Waals surface area contributed by atoms with E-state index in [1.807, 2.05) is 11.8 Å². The van der Waals surface area contributed by atoms with Crippen molar-refractivity contribution in [3.63, 3.8) is 0 Å². The molecule has 0 aromatic rings. The maximum absolute atomic E-state index is 12.1. The van der Waals surface area contributed by atoms with Crippen LogP contribution in [0.25, 0.3) is 0 Å². The SMILES string of the molecule is O=C(CCNC(=O)CCCCCCCCCCS)CCC(=O)CCNC(=O)CCCC[C@@H]1SC[C@@H]2NC(=O)N[C@@H]21. The number of urea groups is 1. The Morgan fingerprint density at radius 1 is 0.700 bits per heavy atom. The lowest BCUT2D eigenvalue weighted by molar-refractivity contribution is -0.125. The molecule has 40 heavy (non-hydrogen) atoms. The van der Waals surface area contributed by atoms with E-state index in [9.17, 15) is 24.0 Å². The van der Waals surface area contributed by atoms with Crippen molar-refractivity contribution >= 4 is 53.8 Å².